The van der Waals surface area contributed by atoms with E-state index in [4.69, 9.17) is 4.74 Å². The number of aryl methyl sites for hydroxylation is 1. The van der Waals surface area contributed by atoms with Gasteiger partial charge in [0.05, 0.1) is 12.2 Å². The van der Waals surface area contributed by atoms with Crippen molar-refractivity contribution in [3.8, 4) is 11.1 Å². The smallest absolute Gasteiger partial charge is 0.338 e. The van der Waals surface area contributed by atoms with Crippen LogP contribution in [0.5, 0.6) is 0 Å². The van der Waals surface area contributed by atoms with Crippen molar-refractivity contribution in [3.63, 3.8) is 0 Å². The summed E-state index contributed by atoms with van der Waals surface area (Å²) in [5.74, 6) is -0.252. The Bertz CT molecular complexity index is 700. The van der Waals surface area contributed by atoms with Gasteiger partial charge in [0, 0.05) is 18.8 Å². The van der Waals surface area contributed by atoms with Crippen LogP contribution in [-0.4, -0.2) is 25.7 Å². The summed E-state index contributed by atoms with van der Waals surface area (Å²) < 4.78 is 5.25. The Kier molecular flexibility index (Phi) is 5.19. The molecular weight excluding hydrogens is 298 g/mol. The fourth-order valence-electron chi connectivity index (χ4n) is 3.24. The van der Waals surface area contributed by atoms with E-state index in [1.54, 1.807) is 0 Å². The highest BCUT2D eigenvalue weighted by atomic mass is 16.5. The molecule has 1 saturated heterocycles. The minimum absolute atomic E-state index is 0.252. The van der Waals surface area contributed by atoms with E-state index in [9.17, 15) is 4.79 Å². The molecule has 1 fully saturated rings. The number of anilines is 1. The van der Waals surface area contributed by atoms with Crippen molar-refractivity contribution in [1.82, 2.24) is 0 Å². The second-order valence-electron chi connectivity index (χ2n) is 6.36. The lowest BCUT2D eigenvalue weighted by Crippen LogP contribution is -2.29. The molecule has 0 N–H and O–H groups in total. The summed E-state index contributed by atoms with van der Waals surface area (Å²) in [6.45, 7) is 6.48. The number of benzene rings is 2. The third-order valence-corrected chi connectivity index (χ3v) is 4.58. The van der Waals surface area contributed by atoms with Crippen LogP contribution in [0.15, 0.2) is 42.5 Å². The van der Waals surface area contributed by atoms with Gasteiger partial charge >= 0.3 is 5.97 Å². The molecule has 1 aliphatic heterocycles. The van der Waals surface area contributed by atoms with E-state index in [0.29, 0.717) is 12.2 Å². The number of ether oxygens (including phenoxy) is 1. The van der Waals surface area contributed by atoms with Gasteiger partial charge in [-0.2, -0.15) is 0 Å². The minimum Gasteiger partial charge on any atom is -0.462 e. The zero-order chi connectivity index (χ0) is 16.9. The largest absolute Gasteiger partial charge is 0.462 e. The third-order valence-electron chi connectivity index (χ3n) is 4.58. The van der Waals surface area contributed by atoms with Crippen molar-refractivity contribution >= 4 is 11.7 Å². The molecule has 3 rings (SSSR count). The highest BCUT2D eigenvalue weighted by molar-refractivity contribution is 5.98. The molecule has 3 nitrogen and oxygen atoms in total. The zero-order valence-corrected chi connectivity index (χ0v) is 14.5. The van der Waals surface area contributed by atoms with Crippen LogP contribution in [0.2, 0.25) is 0 Å². The summed E-state index contributed by atoms with van der Waals surface area (Å²) in [5.41, 5.74) is 5.06. The number of hydrogen-bond acceptors (Lipinski definition) is 3. The van der Waals surface area contributed by atoms with Gasteiger partial charge in [-0.05, 0) is 62.4 Å². The average molecular weight is 323 g/mol. The summed E-state index contributed by atoms with van der Waals surface area (Å²) in [7, 11) is 0. The lowest BCUT2D eigenvalue weighted by molar-refractivity contribution is 0.0527. The van der Waals surface area contributed by atoms with Gasteiger partial charge in [-0.15, -0.1) is 0 Å². The highest BCUT2D eigenvalue weighted by Crippen LogP contribution is 2.31. The Hall–Kier alpha value is -2.29. The average Bonchev–Trinajstić information content (AvgIpc) is 2.63. The second-order valence-corrected chi connectivity index (χ2v) is 6.36. The predicted molar refractivity (Wildman–Crippen MR) is 98.6 cm³/mol. The monoisotopic (exact) mass is 323 g/mol. The Morgan fingerprint density at radius 2 is 1.75 bits per heavy atom. The molecule has 0 aliphatic carbocycles. The number of piperidine rings is 1. The second kappa shape index (κ2) is 7.52. The SMILES string of the molecule is CCOC(=O)c1ccc(N2CCCCC2)cc1-c1ccc(C)cc1. The molecule has 2 aromatic rings. The Balaban J connectivity index is 2.02. The molecule has 0 spiro atoms. The van der Waals surface area contributed by atoms with Crippen LogP contribution in [-0.2, 0) is 4.74 Å². The zero-order valence-electron chi connectivity index (χ0n) is 14.5. The van der Waals surface area contributed by atoms with Gasteiger partial charge in [0.2, 0.25) is 0 Å². The van der Waals surface area contributed by atoms with Gasteiger partial charge in [0.1, 0.15) is 0 Å². The minimum atomic E-state index is -0.252. The van der Waals surface area contributed by atoms with Crippen molar-refractivity contribution < 1.29 is 9.53 Å². The molecule has 0 aromatic heterocycles. The van der Waals surface area contributed by atoms with E-state index in [2.05, 4.69) is 48.2 Å². The number of rotatable bonds is 4. The van der Waals surface area contributed by atoms with Gasteiger partial charge in [-0.25, -0.2) is 4.79 Å². The molecule has 24 heavy (non-hydrogen) atoms. The van der Waals surface area contributed by atoms with Crippen LogP contribution >= 0.6 is 0 Å². The fraction of sp³-hybridized carbons (Fsp3) is 0.381. The van der Waals surface area contributed by atoms with E-state index in [-0.39, 0.29) is 5.97 Å². The molecule has 3 heteroatoms. The van der Waals surface area contributed by atoms with Crippen LogP contribution < -0.4 is 4.90 Å². The first kappa shape index (κ1) is 16.6. The van der Waals surface area contributed by atoms with Crippen molar-refractivity contribution in [2.75, 3.05) is 24.6 Å². The van der Waals surface area contributed by atoms with Gasteiger partial charge in [-0.1, -0.05) is 29.8 Å². The molecule has 126 valence electrons. The van der Waals surface area contributed by atoms with Crippen molar-refractivity contribution in [2.45, 2.75) is 33.1 Å². The normalized spacial score (nSPS) is 14.5. The van der Waals surface area contributed by atoms with E-state index in [1.807, 2.05) is 13.0 Å². The van der Waals surface area contributed by atoms with Crippen LogP contribution in [0, 0.1) is 6.92 Å². The summed E-state index contributed by atoms with van der Waals surface area (Å²) in [6, 6.07) is 14.4. The van der Waals surface area contributed by atoms with E-state index in [0.717, 1.165) is 24.2 Å². The topological polar surface area (TPSA) is 29.5 Å². The van der Waals surface area contributed by atoms with Crippen LogP contribution in [0.4, 0.5) is 5.69 Å². The molecular formula is C21H25NO2. The first-order valence-electron chi connectivity index (χ1n) is 8.82. The fourth-order valence-corrected chi connectivity index (χ4v) is 3.24. The summed E-state index contributed by atoms with van der Waals surface area (Å²) in [4.78, 5) is 14.8. The first-order chi connectivity index (χ1) is 11.7. The van der Waals surface area contributed by atoms with Gasteiger partial charge < -0.3 is 9.64 Å². The molecule has 1 heterocycles. The number of esters is 1. The third kappa shape index (κ3) is 3.61. The molecule has 0 atom stereocenters. The molecule has 0 bridgehead atoms. The number of hydrogen-bond donors (Lipinski definition) is 0. The standard InChI is InChI=1S/C21H25NO2/c1-3-24-21(23)19-12-11-18(22-13-5-4-6-14-22)15-20(19)17-9-7-16(2)8-10-17/h7-12,15H,3-6,13-14H2,1-2H3. The lowest BCUT2D eigenvalue weighted by atomic mass is 9.97. The quantitative estimate of drug-likeness (QED) is 0.755. The first-order valence-corrected chi connectivity index (χ1v) is 8.82. The van der Waals surface area contributed by atoms with E-state index in [1.165, 1.54) is 30.5 Å². The van der Waals surface area contributed by atoms with Crippen LogP contribution in [0.1, 0.15) is 42.1 Å². The van der Waals surface area contributed by atoms with E-state index < -0.39 is 0 Å². The van der Waals surface area contributed by atoms with E-state index >= 15 is 0 Å². The van der Waals surface area contributed by atoms with Crippen molar-refractivity contribution in [2.24, 2.45) is 0 Å². The number of nitrogens with zero attached hydrogens (tertiary/aromatic N) is 1. The molecule has 0 amide bonds. The predicted octanol–water partition coefficient (Wildman–Crippen LogP) is 4.83. The summed E-state index contributed by atoms with van der Waals surface area (Å²) in [5, 5.41) is 0. The molecule has 0 radical (unpaired) electrons. The van der Waals surface area contributed by atoms with Crippen LogP contribution in [0.25, 0.3) is 11.1 Å². The molecule has 2 aromatic carbocycles. The maximum absolute atomic E-state index is 12.4. The van der Waals surface area contributed by atoms with Crippen molar-refractivity contribution in [3.05, 3.63) is 53.6 Å². The Morgan fingerprint density at radius 3 is 2.42 bits per heavy atom. The summed E-state index contributed by atoms with van der Waals surface area (Å²) >= 11 is 0. The van der Waals surface area contributed by atoms with Crippen molar-refractivity contribution in [1.29, 1.82) is 0 Å². The number of carbonyl (C=O) groups excluding carboxylic acids is 1. The van der Waals surface area contributed by atoms with Crippen LogP contribution in [0.3, 0.4) is 0 Å². The molecule has 0 unspecified atom stereocenters. The summed E-state index contributed by atoms with van der Waals surface area (Å²) in [6.07, 6.45) is 3.78. The van der Waals surface area contributed by atoms with Gasteiger partial charge in [0.25, 0.3) is 0 Å². The molecule has 1 aliphatic rings. The molecule has 0 saturated carbocycles. The Morgan fingerprint density at radius 1 is 1.04 bits per heavy atom. The Labute approximate surface area is 144 Å². The lowest BCUT2D eigenvalue weighted by Gasteiger charge is -2.29. The number of carbonyl (C=O) groups is 1. The maximum Gasteiger partial charge on any atom is 0.338 e. The highest BCUT2D eigenvalue weighted by Gasteiger charge is 2.17. The maximum atomic E-state index is 12.4. The van der Waals surface area contributed by atoms with Gasteiger partial charge in [-0.3, -0.25) is 0 Å². The van der Waals surface area contributed by atoms with Gasteiger partial charge in [0.15, 0.2) is 0 Å².